The maximum absolute atomic E-state index is 15.5. The zero-order valence-electron chi connectivity index (χ0n) is 21.0. The van der Waals surface area contributed by atoms with E-state index in [1.54, 1.807) is 34.1 Å². The van der Waals surface area contributed by atoms with Crippen LogP contribution in [0.1, 0.15) is 12.2 Å². The second-order valence-corrected chi connectivity index (χ2v) is 11.7. The molecule has 2 amide bonds. The molecule has 1 spiro atoms. The smallest absolute Gasteiger partial charge is 0.333 e. The standard InChI is InChI=1S/C26H22F4N6O2S2/c1-14-22(40-31)39-24(33-14)35-11-26(12-38-13-26)10-34(25(35)37)18-4-2-15(3-5-18)19-6-17(27)7-20(21(19)28)16-8-32-36(9-16)23(29)30/h2-9,23H,10-13,31H2,1H3. The molecule has 0 atom stereocenters. The second kappa shape index (κ2) is 10.2. The van der Waals surface area contributed by atoms with Crippen molar-refractivity contribution >= 4 is 40.1 Å². The highest BCUT2D eigenvalue weighted by molar-refractivity contribution is 7.99. The van der Waals surface area contributed by atoms with Crippen molar-refractivity contribution in [3.63, 3.8) is 0 Å². The first kappa shape index (κ1) is 26.7. The van der Waals surface area contributed by atoms with E-state index in [1.807, 2.05) is 6.92 Å². The van der Waals surface area contributed by atoms with E-state index in [9.17, 15) is 18.0 Å². The summed E-state index contributed by atoms with van der Waals surface area (Å²) in [4.78, 5) is 21.5. The first-order valence-corrected chi connectivity index (χ1v) is 13.8. The number of aromatic nitrogens is 3. The Bertz CT molecular complexity index is 1590. The molecule has 208 valence electrons. The summed E-state index contributed by atoms with van der Waals surface area (Å²) >= 11 is 2.43. The van der Waals surface area contributed by atoms with Gasteiger partial charge in [-0.2, -0.15) is 13.9 Å². The van der Waals surface area contributed by atoms with Crippen LogP contribution >= 0.6 is 23.3 Å². The van der Waals surface area contributed by atoms with Crippen molar-refractivity contribution in [2.75, 3.05) is 36.1 Å². The van der Waals surface area contributed by atoms with Crippen LogP contribution < -0.4 is 14.9 Å². The van der Waals surface area contributed by atoms with Crippen molar-refractivity contribution in [2.24, 2.45) is 10.6 Å². The fraction of sp³-hybridized carbons (Fsp3) is 0.269. The van der Waals surface area contributed by atoms with Gasteiger partial charge in [-0.05, 0) is 48.7 Å². The number of thiazole rings is 1. The Kier molecular flexibility index (Phi) is 6.81. The SMILES string of the molecule is Cc1nc(N2CC3(COC3)CN(c3ccc(-c4cc(F)cc(-c5cnn(C(F)F)c5)c4F)cc3)C2=O)sc1SN. The van der Waals surface area contributed by atoms with Gasteiger partial charge in [-0.15, -0.1) is 0 Å². The molecule has 2 N–H and O–H groups in total. The van der Waals surface area contributed by atoms with Gasteiger partial charge in [0.25, 0.3) is 0 Å². The Morgan fingerprint density at radius 3 is 2.33 bits per heavy atom. The zero-order valence-corrected chi connectivity index (χ0v) is 22.6. The Balaban J connectivity index is 1.32. The molecule has 0 unspecified atom stereocenters. The maximum atomic E-state index is 15.5. The van der Waals surface area contributed by atoms with Crippen LogP contribution in [0.4, 0.5) is 33.2 Å². The van der Waals surface area contributed by atoms with Gasteiger partial charge in [0.1, 0.15) is 11.6 Å². The molecule has 2 aromatic heterocycles. The van der Waals surface area contributed by atoms with Gasteiger partial charge in [0.2, 0.25) is 0 Å². The number of anilines is 2. The third-order valence-electron chi connectivity index (χ3n) is 6.99. The lowest BCUT2D eigenvalue weighted by Gasteiger charge is -2.51. The summed E-state index contributed by atoms with van der Waals surface area (Å²) < 4.78 is 62.7. The summed E-state index contributed by atoms with van der Waals surface area (Å²) in [5.74, 6) is -1.51. The van der Waals surface area contributed by atoms with Crippen molar-refractivity contribution < 1.29 is 27.1 Å². The number of nitrogens with two attached hydrogens (primary N) is 1. The molecular weight excluding hydrogens is 568 g/mol. The average Bonchev–Trinajstić information content (AvgIpc) is 3.56. The summed E-state index contributed by atoms with van der Waals surface area (Å²) in [7, 11) is 0. The summed E-state index contributed by atoms with van der Waals surface area (Å²) in [6.45, 7) is 0.807. The van der Waals surface area contributed by atoms with Gasteiger partial charge in [0, 0.05) is 41.7 Å². The van der Waals surface area contributed by atoms with E-state index in [1.165, 1.54) is 11.3 Å². The minimum Gasteiger partial charge on any atom is -0.380 e. The fourth-order valence-electron chi connectivity index (χ4n) is 4.93. The molecule has 14 heteroatoms. The van der Waals surface area contributed by atoms with Crippen LogP contribution in [0.5, 0.6) is 0 Å². The molecule has 4 heterocycles. The number of aryl methyl sites for hydroxylation is 1. The number of hydrogen-bond donors (Lipinski definition) is 1. The van der Waals surface area contributed by atoms with Gasteiger partial charge in [-0.25, -0.2) is 23.2 Å². The van der Waals surface area contributed by atoms with Crippen LogP contribution in [0.3, 0.4) is 0 Å². The second-order valence-electron chi connectivity index (χ2n) is 9.78. The fourth-order valence-corrected chi connectivity index (χ4v) is 6.36. The van der Waals surface area contributed by atoms with E-state index >= 15 is 4.39 Å². The number of halogens is 4. The number of carbonyl (C=O) groups excluding carboxylic acids is 1. The molecule has 40 heavy (non-hydrogen) atoms. The molecule has 2 fully saturated rings. The number of nitrogens with zero attached hydrogens (tertiary/aromatic N) is 5. The van der Waals surface area contributed by atoms with Crippen LogP contribution in [-0.4, -0.2) is 47.1 Å². The van der Waals surface area contributed by atoms with Crippen molar-refractivity contribution in [2.45, 2.75) is 17.7 Å². The van der Waals surface area contributed by atoms with Crippen molar-refractivity contribution in [3.05, 3.63) is 66.1 Å². The van der Waals surface area contributed by atoms with Crippen LogP contribution in [-0.2, 0) is 4.74 Å². The molecule has 0 aliphatic carbocycles. The minimum atomic E-state index is -2.90. The lowest BCUT2D eigenvalue weighted by molar-refractivity contribution is -0.103. The Labute approximate surface area is 234 Å². The zero-order chi connectivity index (χ0) is 28.2. The molecule has 2 saturated heterocycles. The Morgan fingerprint density at radius 1 is 1.07 bits per heavy atom. The quantitative estimate of drug-likeness (QED) is 0.216. The molecule has 2 aliphatic heterocycles. The van der Waals surface area contributed by atoms with E-state index < -0.39 is 18.2 Å². The maximum Gasteiger partial charge on any atom is 0.333 e. The molecule has 2 aliphatic rings. The average molecular weight is 591 g/mol. The van der Waals surface area contributed by atoms with Crippen LogP contribution in [0.25, 0.3) is 22.3 Å². The summed E-state index contributed by atoms with van der Waals surface area (Å²) in [6, 6.07) is 8.23. The Morgan fingerprint density at radius 2 is 1.75 bits per heavy atom. The number of alkyl halides is 2. The van der Waals surface area contributed by atoms with Crippen molar-refractivity contribution in [3.8, 4) is 22.3 Å². The van der Waals surface area contributed by atoms with Crippen LogP contribution in [0, 0.1) is 24.0 Å². The number of hydrogen-bond acceptors (Lipinski definition) is 7. The van der Waals surface area contributed by atoms with Gasteiger partial charge in [0.05, 0.1) is 34.7 Å². The highest BCUT2D eigenvalue weighted by atomic mass is 32.2. The number of rotatable bonds is 6. The van der Waals surface area contributed by atoms with Gasteiger partial charge < -0.3 is 4.74 Å². The minimum absolute atomic E-state index is 0.0239. The van der Waals surface area contributed by atoms with E-state index in [0.717, 1.165) is 46.4 Å². The molecule has 6 rings (SSSR count). The molecular formula is C26H22F4N6O2S2. The number of amides is 2. The van der Waals surface area contributed by atoms with E-state index in [0.29, 0.717) is 47.4 Å². The molecule has 0 bridgehead atoms. The molecule has 0 saturated carbocycles. The monoisotopic (exact) mass is 590 g/mol. The van der Waals surface area contributed by atoms with Crippen LogP contribution in [0.2, 0.25) is 0 Å². The van der Waals surface area contributed by atoms with Crippen LogP contribution in [0.15, 0.2) is 53.0 Å². The third kappa shape index (κ3) is 4.64. The highest BCUT2D eigenvalue weighted by Crippen LogP contribution is 2.41. The molecule has 0 radical (unpaired) electrons. The summed E-state index contributed by atoms with van der Waals surface area (Å²) in [5.41, 5.74) is 1.19. The van der Waals surface area contributed by atoms with Gasteiger partial charge >= 0.3 is 12.6 Å². The van der Waals surface area contributed by atoms with E-state index in [2.05, 4.69) is 10.1 Å². The van der Waals surface area contributed by atoms with E-state index in [4.69, 9.17) is 9.88 Å². The van der Waals surface area contributed by atoms with Crippen molar-refractivity contribution in [1.29, 1.82) is 0 Å². The number of carbonyl (C=O) groups is 1. The largest absolute Gasteiger partial charge is 0.380 e. The molecule has 2 aromatic carbocycles. The lowest BCUT2D eigenvalue weighted by Crippen LogP contribution is -2.65. The van der Waals surface area contributed by atoms with Gasteiger partial charge in [0.15, 0.2) is 5.13 Å². The first-order chi connectivity index (χ1) is 19.2. The highest BCUT2D eigenvalue weighted by Gasteiger charge is 2.49. The van der Waals surface area contributed by atoms with Gasteiger partial charge in [-0.3, -0.25) is 14.9 Å². The Hall–Kier alpha value is -3.46. The predicted octanol–water partition coefficient (Wildman–Crippen LogP) is 6.08. The number of urea groups is 1. The van der Waals surface area contributed by atoms with Crippen molar-refractivity contribution in [1.82, 2.24) is 14.8 Å². The molecule has 8 nitrogen and oxygen atoms in total. The summed E-state index contributed by atoms with van der Waals surface area (Å²) in [6.07, 6.45) is 2.02. The third-order valence-corrected chi connectivity index (χ3v) is 9.01. The first-order valence-electron chi connectivity index (χ1n) is 12.1. The lowest BCUT2D eigenvalue weighted by atomic mass is 9.83. The van der Waals surface area contributed by atoms with Gasteiger partial charge in [-0.1, -0.05) is 23.5 Å². The predicted molar refractivity (Wildman–Crippen MR) is 145 cm³/mol. The molecule has 4 aromatic rings. The number of ether oxygens (including phenoxy) is 1. The normalized spacial score (nSPS) is 16.7. The van der Waals surface area contributed by atoms with E-state index in [-0.39, 0.29) is 28.1 Å². The number of benzene rings is 2. The summed E-state index contributed by atoms with van der Waals surface area (Å²) in [5, 5.41) is 9.81. The topological polar surface area (TPSA) is 89.5 Å².